The molecule has 3 rings (SSSR count). The fourth-order valence-corrected chi connectivity index (χ4v) is 4.00. The van der Waals surface area contributed by atoms with Crippen LogP contribution in [0.1, 0.15) is 36.5 Å². The molecule has 0 amide bonds. The predicted molar refractivity (Wildman–Crippen MR) is 102 cm³/mol. The number of likely N-dealkylation sites (tertiary alicyclic amines) is 1. The van der Waals surface area contributed by atoms with E-state index in [1.165, 1.54) is 12.1 Å². The maximum atomic E-state index is 13.5. The molecule has 0 N–H and O–H groups in total. The molecule has 0 unspecified atom stereocenters. The van der Waals surface area contributed by atoms with E-state index in [0.29, 0.717) is 32.5 Å². The molecule has 158 valence electrons. The maximum absolute atomic E-state index is 13.5. The van der Waals surface area contributed by atoms with Gasteiger partial charge in [0.1, 0.15) is 0 Å². The summed E-state index contributed by atoms with van der Waals surface area (Å²) < 4.78 is 47.4. The van der Waals surface area contributed by atoms with Gasteiger partial charge >= 0.3 is 12.1 Å². The monoisotopic (exact) mass is 409 g/mol. The van der Waals surface area contributed by atoms with Gasteiger partial charge in [0.05, 0.1) is 23.8 Å². The summed E-state index contributed by atoms with van der Waals surface area (Å²) >= 11 is 0. The predicted octanol–water partition coefficient (Wildman–Crippen LogP) is 3.83. The lowest BCUT2D eigenvalue weighted by Gasteiger charge is -2.40. The number of rotatable bonds is 6. The molecule has 0 bridgehead atoms. The zero-order valence-electron chi connectivity index (χ0n) is 16.7. The van der Waals surface area contributed by atoms with Crippen LogP contribution >= 0.6 is 0 Å². The summed E-state index contributed by atoms with van der Waals surface area (Å²) in [6.45, 7) is 3.85. The first-order valence-corrected chi connectivity index (χ1v) is 9.76. The molecule has 2 aromatic rings. The molecule has 29 heavy (non-hydrogen) atoms. The van der Waals surface area contributed by atoms with Crippen LogP contribution in [0.25, 0.3) is 0 Å². The molecule has 0 aliphatic carbocycles. The fraction of sp³-hybridized carbons (Fsp3) is 0.524. The first kappa shape index (κ1) is 21.4. The third-order valence-electron chi connectivity index (χ3n) is 5.54. The molecule has 1 aliphatic rings. The zero-order valence-corrected chi connectivity index (χ0v) is 16.7. The Kier molecular flexibility index (Phi) is 6.31. The average molecular weight is 409 g/mol. The van der Waals surface area contributed by atoms with E-state index in [2.05, 4.69) is 10.00 Å². The van der Waals surface area contributed by atoms with Crippen molar-refractivity contribution in [1.82, 2.24) is 14.7 Å². The van der Waals surface area contributed by atoms with Crippen molar-refractivity contribution in [3.05, 3.63) is 53.3 Å². The number of hydrogen-bond donors (Lipinski definition) is 0. The molecule has 0 radical (unpaired) electrons. The maximum Gasteiger partial charge on any atom is 0.416 e. The van der Waals surface area contributed by atoms with Crippen LogP contribution in [0, 0.1) is 5.41 Å². The first-order valence-electron chi connectivity index (χ1n) is 9.76. The van der Waals surface area contributed by atoms with E-state index in [1.54, 1.807) is 23.9 Å². The van der Waals surface area contributed by atoms with Crippen LogP contribution in [-0.4, -0.2) is 40.3 Å². The third-order valence-corrected chi connectivity index (χ3v) is 5.54. The second-order valence-corrected chi connectivity index (χ2v) is 7.63. The van der Waals surface area contributed by atoms with Crippen LogP contribution in [0.5, 0.6) is 0 Å². The highest BCUT2D eigenvalue weighted by Crippen LogP contribution is 2.40. The van der Waals surface area contributed by atoms with Crippen LogP contribution in [-0.2, 0) is 35.7 Å². The van der Waals surface area contributed by atoms with Gasteiger partial charge in [-0.3, -0.25) is 14.4 Å². The highest BCUT2D eigenvalue weighted by molar-refractivity contribution is 5.77. The number of halogens is 3. The van der Waals surface area contributed by atoms with E-state index in [4.69, 9.17) is 4.74 Å². The molecular weight excluding hydrogens is 383 g/mol. The number of ether oxygens (including phenoxy) is 1. The van der Waals surface area contributed by atoms with Crippen molar-refractivity contribution in [1.29, 1.82) is 0 Å². The highest BCUT2D eigenvalue weighted by Gasteiger charge is 2.44. The number of carbonyl (C=O) groups excluding carboxylic acids is 1. The topological polar surface area (TPSA) is 47.4 Å². The lowest BCUT2D eigenvalue weighted by Crippen LogP contribution is -2.46. The standard InChI is InChI=1S/C21H26F3N3O2/c1-3-29-19(28)20(12-17-6-4-5-7-18(17)21(22,23)24)8-10-27(11-9-20)15-16-13-25-26(2)14-16/h4-7,13-14H,3,8-12,15H2,1-2H3. The summed E-state index contributed by atoms with van der Waals surface area (Å²) in [6, 6.07) is 5.50. The number of aryl methyl sites for hydroxylation is 1. The van der Waals surface area contributed by atoms with Gasteiger partial charge in [0.25, 0.3) is 0 Å². The van der Waals surface area contributed by atoms with Gasteiger partial charge < -0.3 is 4.74 Å². The minimum absolute atomic E-state index is 0.0300. The van der Waals surface area contributed by atoms with E-state index in [-0.39, 0.29) is 18.6 Å². The van der Waals surface area contributed by atoms with Gasteiger partial charge in [0.15, 0.2) is 0 Å². The van der Waals surface area contributed by atoms with Gasteiger partial charge in [-0.1, -0.05) is 18.2 Å². The van der Waals surface area contributed by atoms with Gasteiger partial charge in [-0.15, -0.1) is 0 Å². The van der Waals surface area contributed by atoms with Crippen molar-refractivity contribution in [3.8, 4) is 0 Å². The summed E-state index contributed by atoms with van der Waals surface area (Å²) in [5, 5.41) is 4.16. The van der Waals surface area contributed by atoms with Crippen LogP contribution in [0.3, 0.4) is 0 Å². The lowest BCUT2D eigenvalue weighted by molar-refractivity contribution is -0.159. The fourth-order valence-electron chi connectivity index (χ4n) is 4.00. The van der Waals surface area contributed by atoms with Crippen molar-refractivity contribution < 1.29 is 22.7 Å². The SMILES string of the molecule is CCOC(=O)C1(Cc2ccccc2C(F)(F)F)CCN(Cc2cnn(C)c2)CC1. The zero-order chi connectivity index (χ0) is 21.1. The summed E-state index contributed by atoms with van der Waals surface area (Å²) in [7, 11) is 1.85. The molecule has 0 saturated carbocycles. The largest absolute Gasteiger partial charge is 0.466 e. The molecule has 0 spiro atoms. The number of esters is 1. The van der Waals surface area contributed by atoms with E-state index < -0.39 is 23.1 Å². The Balaban J connectivity index is 1.79. The van der Waals surface area contributed by atoms with Gasteiger partial charge in [0, 0.05) is 25.4 Å². The first-order chi connectivity index (χ1) is 13.7. The molecule has 1 saturated heterocycles. The van der Waals surface area contributed by atoms with Crippen molar-refractivity contribution in [3.63, 3.8) is 0 Å². The van der Waals surface area contributed by atoms with Crippen molar-refractivity contribution in [2.45, 2.75) is 38.9 Å². The molecule has 1 aromatic heterocycles. The number of hydrogen-bond acceptors (Lipinski definition) is 4. The number of alkyl halides is 3. The Labute approximate surface area is 168 Å². The molecule has 1 aliphatic heterocycles. The van der Waals surface area contributed by atoms with E-state index in [9.17, 15) is 18.0 Å². The third kappa shape index (κ3) is 4.98. The molecular formula is C21H26F3N3O2. The number of carbonyl (C=O) groups is 1. The second-order valence-electron chi connectivity index (χ2n) is 7.63. The van der Waals surface area contributed by atoms with Crippen LogP contribution in [0.2, 0.25) is 0 Å². The number of aromatic nitrogens is 2. The molecule has 1 fully saturated rings. The van der Waals surface area contributed by atoms with Gasteiger partial charge in [-0.25, -0.2) is 0 Å². The van der Waals surface area contributed by atoms with Crippen molar-refractivity contribution >= 4 is 5.97 Å². The molecule has 1 aromatic carbocycles. The molecule has 8 heteroatoms. The van der Waals surface area contributed by atoms with E-state index in [0.717, 1.165) is 11.6 Å². The Morgan fingerprint density at radius 3 is 2.52 bits per heavy atom. The Morgan fingerprint density at radius 2 is 1.93 bits per heavy atom. The molecule has 5 nitrogen and oxygen atoms in total. The van der Waals surface area contributed by atoms with Crippen LogP contribution < -0.4 is 0 Å². The van der Waals surface area contributed by atoms with Crippen molar-refractivity contribution in [2.24, 2.45) is 12.5 Å². The van der Waals surface area contributed by atoms with Crippen molar-refractivity contribution in [2.75, 3.05) is 19.7 Å². The quantitative estimate of drug-likeness (QED) is 0.681. The summed E-state index contributed by atoms with van der Waals surface area (Å²) in [6.07, 6.45) is 0.228. The normalized spacial score (nSPS) is 17.3. The molecule has 2 heterocycles. The number of nitrogens with zero attached hydrogens (tertiary/aromatic N) is 3. The van der Waals surface area contributed by atoms with Gasteiger partial charge in [0.2, 0.25) is 0 Å². The minimum atomic E-state index is -4.45. The van der Waals surface area contributed by atoms with E-state index >= 15 is 0 Å². The second kappa shape index (κ2) is 8.57. The lowest BCUT2D eigenvalue weighted by atomic mass is 9.73. The smallest absolute Gasteiger partial charge is 0.416 e. The Morgan fingerprint density at radius 1 is 1.24 bits per heavy atom. The summed E-state index contributed by atoms with van der Waals surface area (Å²) in [4.78, 5) is 15.0. The number of piperidine rings is 1. The Bertz CT molecular complexity index is 840. The average Bonchev–Trinajstić information content (AvgIpc) is 3.08. The van der Waals surface area contributed by atoms with Gasteiger partial charge in [-0.2, -0.15) is 18.3 Å². The number of benzene rings is 1. The molecule has 0 atom stereocenters. The summed E-state index contributed by atoms with van der Waals surface area (Å²) in [5.74, 6) is -0.405. The Hall–Kier alpha value is -2.35. The van der Waals surface area contributed by atoms with E-state index in [1.807, 2.05) is 13.2 Å². The van der Waals surface area contributed by atoms with Crippen LogP contribution in [0.15, 0.2) is 36.7 Å². The van der Waals surface area contributed by atoms with Gasteiger partial charge in [-0.05, 0) is 50.9 Å². The summed E-state index contributed by atoms with van der Waals surface area (Å²) in [5.41, 5.74) is -0.406. The highest BCUT2D eigenvalue weighted by atomic mass is 19.4. The minimum Gasteiger partial charge on any atom is -0.466 e. The van der Waals surface area contributed by atoms with Crippen LogP contribution in [0.4, 0.5) is 13.2 Å².